The van der Waals surface area contributed by atoms with E-state index in [0.29, 0.717) is 5.69 Å². The monoisotopic (exact) mass is 361 g/mol. The predicted octanol–water partition coefficient (Wildman–Crippen LogP) is 1.58. The molecule has 0 saturated carbocycles. The van der Waals surface area contributed by atoms with Gasteiger partial charge in [0.25, 0.3) is 5.91 Å². The van der Waals surface area contributed by atoms with Crippen LogP contribution in [0.15, 0.2) is 53.4 Å². The van der Waals surface area contributed by atoms with Crippen LogP contribution in [0.3, 0.4) is 0 Å². The first-order chi connectivity index (χ1) is 11.8. The van der Waals surface area contributed by atoms with Crippen molar-refractivity contribution in [2.24, 2.45) is 0 Å². The molecule has 130 valence electrons. The lowest BCUT2D eigenvalue weighted by molar-refractivity contribution is -0.144. The number of carboxylic acid groups (broad SMARTS) is 1. The molecule has 8 heteroatoms. The highest BCUT2D eigenvalue weighted by Gasteiger charge is 2.35. The van der Waals surface area contributed by atoms with Gasteiger partial charge in [-0.05, 0) is 24.3 Å². The van der Waals surface area contributed by atoms with Crippen LogP contribution in [-0.4, -0.2) is 44.3 Å². The molecule has 2 aromatic rings. The van der Waals surface area contributed by atoms with Gasteiger partial charge in [-0.25, -0.2) is 13.2 Å². The summed E-state index contributed by atoms with van der Waals surface area (Å²) >= 11 is 0. The molecule has 0 aromatic heterocycles. The van der Waals surface area contributed by atoms with E-state index >= 15 is 0 Å². The summed E-state index contributed by atoms with van der Waals surface area (Å²) in [5, 5.41) is 9.26. The van der Waals surface area contributed by atoms with E-state index in [2.05, 4.69) is 0 Å². The summed E-state index contributed by atoms with van der Waals surface area (Å²) < 4.78 is 29.3. The minimum atomic E-state index is -3.62. The van der Waals surface area contributed by atoms with Crippen molar-refractivity contribution in [2.75, 3.05) is 17.7 Å². The number of rotatable bonds is 3. The molecule has 1 amide bonds. The van der Waals surface area contributed by atoms with Gasteiger partial charge in [-0.2, -0.15) is 0 Å². The largest absolute Gasteiger partial charge is 0.478 e. The van der Waals surface area contributed by atoms with Gasteiger partial charge in [-0.15, -0.1) is 0 Å². The number of ether oxygens (including phenoxy) is 1. The van der Waals surface area contributed by atoms with Crippen LogP contribution in [0, 0.1) is 0 Å². The summed E-state index contributed by atoms with van der Waals surface area (Å²) in [5.74, 6) is -1.54. The van der Waals surface area contributed by atoms with Crippen molar-refractivity contribution in [1.82, 2.24) is 0 Å². The van der Waals surface area contributed by atoms with E-state index in [4.69, 9.17) is 4.74 Å². The fourth-order valence-electron chi connectivity index (χ4n) is 2.67. The molecule has 1 heterocycles. The van der Waals surface area contributed by atoms with Gasteiger partial charge in [0, 0.05) is 6.26 Å². The Labute approximate surface area is 144 Å². The maximum absolute atomic E-state index is 13.0. The van der Waals surface area contributed by atoms with Crippen LogP contribution in [0.25, 0.3) is 0 Å². The Bertz CT molecular complexity index is 953. The Morgan fingerprint density at radius 1 is 1.12 bits per heavy atom. The highest BCUT2D eigenvalue weighted by atomic mass is 32.2. The molecule has 1 atom stereocenters. The number of carbonyl (C=O) groups excluding carboxylic acids is 1. The lowest BCUT2D eigenvalue weighted by atomic mass is 10.1. The van der Waals surface area contributed by atoms with Crippen LogP contribution in [-0.2, 0) is 14.6 Å². The van der Waals surface area contributed by atoms with E-state index in [9.17, 15) is 23.1 Å². The Morgan fingerprint density at radius 3 is 2.44 bits per heavy atom. The van der Waals surface area contributed by atoms with Gasteiger partial charge < -0.3 is 14.7 Å². The lowest BCUT2D eigenvalue weighted by Gasteiger charge is -2.33. The summed E-state index contributed by atoms with van der Waals surface area (Å²) in [4.78, 5) is 25.5. The summed E-state index contributed by atoms with van der Waals surface area (Å²) in [7, 11) is -3.62. The predicted molar refractivity (Wildman–Crippen MR) is 89.7 cm³/mol. The summed E-state index contributed by atoms with van der Waals surface area (Å²) in [5.41, 5.74) is 0.388. The molecular weight excluding hydrogens is 346 g/mol. The molecule has 1 aliphatic heterocycles. The van der Waals surface area contributed by atoms with Crippen molar-refractivity contribution in [1.29, 1.82) is 0 Å². The zero-order valence-electron chi connectivity index (χ0n) is 13.2. The molecule has 0 bridgehead atoms. The smallest absolute Gasteiger partial charge is 0.346 e. The van der Waals surface area contributed by atoms with Crippen molar-refractivity contribution in [2.45, 2.75) is 11.0 Å². The first-order valence-electron chi connectivity index (χ1n) is 7.38. The van der Waals surface area contributed by atoms with Crippen molar-refractivity contribution >= 4 is 27.4 Å². The molecule has 0 aliphatic carbocycles. The molecule has 2 aromatic carbocycles. The van der Waals surface area contributed by atoms with Crippen LogP contribution in [0.4, 0.5) is 5.69 Å². The topological polar surface area (TPSA) is 101 Å². The fraction of sp³-hybridized carbons (Fsp3) is 0.176. The number of hydrogen-bond acceptors (Lipinski definition) is 5. The van der Waals surface area contributed by atoms with Crippen LogP contribution >= 0.6 is 0 Å². The minimum Gasteiger partial charge on any atom is -0.478 e. The van der Waals surface area contributed by atoms with Gasteiger partial charge in [0.05, 0.1) is 22.7 Å². The van der Waals surface area contributed by atoms with E-state index in [1.54, 1.807) is 30.3 Å². The van der Waals surface area contributed by atoms with E-state index < -0.39 is 27.8 Å². The van der Waals surface area contributed by atoms with E-state index in [0.717, 1.165) is 6.26 Å². The molecule has 0 radical (unpaired) electrons. The molecule has 0 unspecified atom stereocenters. The van der Waals surface area contributed by atoms with Crippen molar-refractivity contribution in [3.63, 3.8) is 0 Å². The van der Waals surface area contributed by atoms with E-state index in [1.165, 1.54) is 23.1 Å². The van der Waals surface area contributed by atoms with Crippen molar-refractivity contribution in [3.8, 4) is 5.75 Å². The SMILES string of the molecule is CS(=O)(=O)c1ccccc1C(=O)N1C[C@@H](C(=O)O)Oc2ccccc21. The Hall–Kier alpha value is -2.87. The average Bonchev–Trinajstić information content (AvgIpc) is 2.59. The molecule has 25 heavy (non-hydrogen) atoms. The quantitative estimate of drug-likeness (QED) is 0.891. The molecule has 3 rings (SSSR count). The molecule has 0 fully saturated rings. The second-order valence-electron chi connectivity index (χ2n) is 5.60. The summed E-state index contributed by atoms with van der Waals surface area (Å²) in [6, 6.07) is 12.4. The van der Waals surface area contributed by atoms with Crippen LogP contribution < -0.4 is 9.64 Å². The zero-order chi connectivity index (χ0) is 18.2. The normalized spacial score (nSPS) is 16.7. The van der Waals surface area contributed by atoms with Crippen LogP contribution in [0.2, 0.25) is 0 Å². The molecular formula is C17H15NO6S. The van der Waals surface area contributed by atoms with Gasteiger partial charge in [0.1, 0.15) is 5.75 Å². The maximum atomic E-state index is 13.0. The van der Waals surface area contributed by atoms with Gasteiger partial charge >= 0.3 is 5.97 Å². The lowest BCUT2D eigenvalue weighted by Crippen LogP contribution is -2.47. The highest BCUT2D eigenvalue weighted by molar-refractivity contribution is 7.90. The van der Waals surface area contributed by atoms with Crippen LogP contribution in [0.1, 0.15) is 10.4 Å². The van der Waals surface area contributed by atoms with Crippen LogP contribution in [0.5, 0.6) is 5.75 Å². The summed E-state index contributed by atoms with van der Waals surface area (Å²) in [6.45, 7) is -0.219. The number of fused-ring (bicyclic) bond motifs is 1. The third kappa shape index (κ3) is 3.20. The van der Waals surface area contributed by atoms with Gasteiger partial charge in [0.2, 0.25) is 6.10 Å². The fourth-order valence-corrected chi connectivity index (χ4v) is 3.55. The number of amides is 1. The molecule has 7 nitrogen and oxygen atoms in total. The second-order valence-corrected chi connectivity index (χ2v) is 7.58. The van der Waals surface area contributed by atoms with Gasteiger partial charge in [-0.1, -0.05) is 24.3 Å². The zero-order valence-corrected chi connectivity index (χ0v) is 14.1. The first kappa shape index (κ1) is 17.0. The maximum Gasteiger partial charge on any atom is 0.346 e. The number of para-hydroxylation sites is 2. The number of anilines is 1. The highest BCUT2D eigenvalue weighted by Crippen LogP contribution is 2.34. The number of sulfone groups is 1. The number of benzene rings is 2. The first-order valence-corrected chi connectivity index (χ1v) is 9.27. The molecule has 1 aliphatic rings. The van der Waals surface area contributed by atoms with Gasteiger partial charge in [-0.3, -0.25) is 4.79 Å². The van der Waals surface area contributed by atoms with Gasteiger partial charge in [0.15, 0.2) is 9.84 Å². The number of hydrogen-bond donors (Lipinski definition) is 1. The third-order valence-electron chi connectivity index (χ3n) is 3.81. The van der Waals surface area contributed by atoms with E-state index in [1.807, 2.05) is 0 Å². The molecule has 0 saturated heterocycles. The summed E-state index contributed by atoms with van der Waals surface area (Å²) in [6.07, 6.45) is -0.212. The number of aliphatic carboxylic acids is 1. The number of carbonyl (C=O) groups is 2. The van der Waals surface area contributed by atoms with Crippen molar-refractivity contribution in [3.05, 3.63) is 54.1 Å². The second kappa shape index (κ2) is 6.21. The molecule has 1 N–H and O–H groups in total. The minimum absolute atomic E-state index is 0.00848. The Balaban J connectivity index is 2.10. The third-order valence-corrected chi connectivity index (χ3v) is 4.97. The Morgan fingerprint density at radius 2 is 1.76 bits per heavy atom. The standard InChI is InChI=1S/C17H15NO6S/c1-25(22,23)15-9-5-2-6-11(15)16(19)18-10-14(17(20)21)24-13-8-4-3-7-12(13)18/h2-9,14H,10H2,1H3,(H,20,21)/t14-/m0/s1. The average molecular weight is 361 g/mol. The number of nitrogens with zero attached hydrogens (tertiary/aromatic N) is 1. The van der Waals surface area contributed by atoms with E-state index in [-0.39, 0.29) is 22.8 Å². The molecule has 0 spiro atoms. The Kier molecular flexibility index (Phi) is 4.22. The van der Waals surface area contributed by atoms with Crippen molar-refractivity contribution < 1.29 is 27.9 Å². The number of carboxylic acids is 1.